The van der Waals surface area contributed by atoms with Crippen LogP contribution in [0.1, 0.15) is 32.7 Å². The number of carbonyl (C=O) groups is 1. The molecule has 6 heteroatoms. The molecule has 0 N–H and O–H groups in total. The summed E-state index contributed by atoms with van der Waals surface area (Å²) in [7, 11) is 0. The van der Waals surface area contributed by atoms with Crippen molar-refractivity contribution in [3.63, 3.8) is 0 Å². The molecule has 0 spiro atoms. The van der Waals surface area contributed by atoms with E-state index >= 15 is 0 Å². The molecule has 27 heavy (non-hydrogen) atoms. The fraction of sp³-hybridized carbons (Fsp3) is 0.238. The molecule has 4 rings (SSSR count). The number of hydrogen-bond donors (Lipinski definition) is 0. The van der Waals surface area contributed by atoms with Crippen LogP contribution in [0.4, 0.5) is 0 Å². The van der Waals surface area contributed by atoms with Crippen LogP contribution in [-0.4, -0.2) is 17.7 Å². The maximum absolute atomic E-state index is 12.8. The molecule has 1 aliphatic heterocycles. The molecule has 1 aliphatic rings. The highest BCUT2D eigenvalue weighted by Gasteiger charge is 2.21. The Labute approximate surface area is 161 Å². The molecule has 0 bridgehead atoms. The van der Waals surface area contributed by atoms with Gasteiger partial charge < -0.3 is 14.2 Å². The first-order valence-corrected chi connectivity index (χ1v) is 8.97. The number of rotatable bonds is 3. The van der Waals surface area contributed by atoms with E-state index in [0.29, 0.717) is 28.6 Å². The van der Waals surface area contributed by atoms with Gasteiger partial charge >= 0.3 is 5.97 Å². The minimum Gasteiger partial charge on any atom is -0.467 e. The number of fused-ring (bicyclic) bond motifs is 2. The molecule has 0 unspecified atom stereocenters. The molecule has 0 saturated carbocycles. The lowest BCUT2D eigenvalue weighted by atomic mass is 10.0. The van der Waals surface area contributed by atoms with E-state index in [1.165, 1.54) is 0 Å². The molecule has 0 amide bonds. The maximum atomic E-state index is 12.8. The van der Waals surface area contributed by atoms with Crippen molar-refractivity contribution in [2.45, 2.75) is 27.1 Å². The summed E-state index contributed by atoms with van der Waals surface area (Å²) in [6.45, 7) is 4.38. The first-order chi connectivity index (χ1) is 13.0. The Balaban J connectivity index is 1.63. The second-order valence-electron chi connectivity index (χ2n) is 6.45. The predicted molar refractivity (Wildman–Crippen MR) is 102 cm³/mol. The first-order valence-electron chi connectivity index (χ1n) is 8.59. The molecule has 2 aromatic carbocycles. The molecule has 3 aromatic rings. The van der Waals surface area contributed by atoms with Gasteiger partial charge in [0, 0.05) is 21.5 Å². The average Bonchev–Trinajstić information content (AvgIpc) is 2.66. The van der Waals surface area contributed by atoms with Crippen LogP contribution >= 0.6 is 11.6 Å². The number of aromatic nitrogens is 1. The van der Waals surface area contributed by atoms with Crippen LogP contribution < -0.4 is 4.74 Å². The topological polar surface area (TPSA) is 57.7 Å². The largest absolute Gasteiger partial charge is 0.467 e. The van der Waals surface area contributed by atoms with Crippen LogP contribution in [0.15, 0.2) is 36.4 Å². The zero-order valence-electron chi connectivity index (χ0n) is 15.0. The van der Waals surface area contributed by atoms with Crippen molar-refractivity contribution in [2.75, 3.05) is 6.79 Å². The summed E-state index contributed by atoms with van der Waals surface area (Å²) in [6.07, 6.45) is 0. The van der Waals surface area contributed by atoms with Crippen LogP contribution in [0.25, 0.3) is 10.9 Å². The standard InChI is InChI=1S/C21H18ClNO4/c1-12-17-5-3-4-6-18(17)23-13(2)19(12)21(24)26-10-15-8-16(22)7-14-9-25-11-27-20(14)15/h3-8H,9-11H2,1-2H3. The van der Waals surface area contributed by atoms with Gasteiger partial charge in [-0.3, -0.25) is 4.98 Å². The van der Waals surface area contributed by atoms with E-state index in [-0.39, 0.29) is 13.4 Å². The highest BCUT2D eigenvalue weighted by atomic mass is 35.5. The minimum atomic E-state index is -0.413. The van der Waals surface area contributed by atoms with E-state index in [1.807, 2.05) is 38.1 Å². The minimum absolute atomic E-state index is 0.0629. The quantitative estimate of drug-likeness (QED) is 0.612. The van der Waals surface area contributed by atoms with E-state index in [2.05, 4.69) is 4.98 Å². The number of benzene rings is 2. The summed E-state index contributed by atoms with van der Waals surface area (Å²) in [6, 6.07) is 11.3. The lowest BCUT2D eigenvalue weighted by Crippen LogP contribution is -2.15. The second kappa shape index (κ2) is 7.18. The van der Waals surface area contributed by atoms with E-state index in [0.717, 1.165) is 27.6 Å². The Morgan fingerprint density at radius 3 is 2.93 bits per heavy atom. The van der Waals surface area contributed by atoms with Gasteiger partial charge in [0.25, 0.3) is 0 Å². The molecule has 0 fully saturated rings. The highest BCUT2D eigenvalue weighted by molar-refractivity contribution is 6.30. The van der Waals surface area contributed by atoms with Gasteiger partial charge in [0.15, 0.2) is 6.79 Å². The third kappa shape index (κ3) is 3.36. The van der Waals surface area contributed by atoms with Crippen molar-refractivity contribution >= 4 is 28.5 Å². The normalized spacial score (nSPS) is 13.1. The fourth-order valence-corrected chi connectivity index (χ4v) is 3.67. The SMILES string of the molecule is Cc1nc2ccccc2c(C)c1C(=O)OCc1cc(Cl)cc2c1OCOC2. The van der Waals surface area contributed by atoms with Gasteiger partial charge in [-0.1, -0.05) is 29.8 Å². The number of aryl methyl sites for hydroxylation is 2. The van der Waals surface area contributed by atoms with Gasteiger partial charge in [0.05, 0.1) is 23.4 Å². The molecule has 0 saturated heterocycles. The lowest BCUT2D eigenvalue weighted by Gasteiger charge is -2.21. The number of esters is 1. The number of hydrogen-bond acceptors (Lipinski definition) is 5. The van der Waals surface area contributed by atoms with Crippen molar-refractivity contribution in [3.05, 3.63) is 69.4 Å². The van der Waals surface area contributed by atoms with Crippen molar-refractivity contribution in [1.82, 2.24) is 4.98 Å². The fourth-order valence-electron chi connectivity index (χ4n) is 3.41. The van der Waals surface area contributed by atoms with Gasteiger partial charge in [-0.2, -0.15) is 0 Å². The van der Waals surface area contributed by atoms with E-state index in [4.69, 9.17) is 25.8 Å². The number of para-hydroxylation sites is 1. The maximum Gasteiger partial charge on any atom is 0.340 e. The number of pyridine rings is 1. The zero-order chi connectivity index (χ0) is 19.0. The summed E-state index contributed by atoms with van der Waals surface area (Å²) >= 11 is 6.17. The molecule has 0 aliphatic carbocycles. The van der Waals surface area contributed by atoms with Gasteiger partial charge in [0.2, 0.25) is 0 Å². The summed E-state index contributed by atoms with van der Waals surface area (Å²) in [5, 5.41) is 1.49. The predicted octanol–water partition coefficient (Wildman–Crippen LogP) is 4.73. The Kier molecular flexibility index (Phi) is 4.72. The zero-order valence-corrected chi connectivity index (χ0v) is 15.8. The molecule has 0 atom stereocenters. The molecule has 5 nitrogen and oxygen atoms in total. The average molecular weight is 384 g/mol. The Hall–Kier alpha value is -2.63. The lowest BCUT2D eigenvalue weighted by molar-refractivity contribution is -0.0180. The number of nitrogens with zero attached hydrogens (tertiary/aromatic N) is 1. The molecule has 2 heterocycles. The van der Waals surface area contributed by atoms with Crippen LogP contribution in [0, 0.1) is 13.8 Å². The number of halogens is 1. The van der Waals surface area contributed by atoms with E-state index < -0.39 is 5.97 Å². The van der Waals surface area contributed by atoms with Gasteiger partial charge in [-0.15, -0.1) is 0 Å². The summed E-state index contributed by atoms with van der Waals surface area (Å²) < 4.78 is 16.4. The van der Waals surface area contributed by atoms with Gasteiger partial charge in [0.1, 0.15) is 12.4 Å². The smallest absolute Gasteiger partial charge is 0.340 e. The van der Waals surface area contributed by atoms with Crippen molar-refractivity contribution in [2.24, 2.45) is 0 Å². The third-order valence-corrected chi connectivity index (χ3v) is 4.87. The van der Waals surface area contributed by atoms with E-state index in [1.54, 1.807) is 12.1 Å². The molecule has 0 radical (unpaired) electrons. The summed E-state index contributed by atoms with van der Waals surface area (Å²) in [4.78, 5) is 17.3. The van der Waals surface area contributed by atoms with Crippen LogP contribution in [-0.2, 0) is 22.7 Å². The Morgan fingerprint density at radius 2 is 2.07 bits per heavy atom. The van der Waals surface area contributed by atoms with E-state index in [9.17, 15) is 4.79 Å². The summed E-state index contributed by atoms with van der Waals surface area (Å²) in [5.74, 6) is 0.257. The van der Waals surface area contributed by atoms with Crippen molar-refractivity contribution in [1.29, 1.82) is 0 Å². The van der Waals surface area contributed by atoms with Crippen molar-refractivity contribution in [3.8, 4) is 5.75 Å². The van der Waals surface area contributed by atoms with Crippen LogP contribution in [0.3, 0.4) is 0 Å². The second-order valence-corrected chi connectivity index (χ2v) is 6.89. The molecular formula is C21H18ClNO4. The highest BCUT2D eigenvalue weighted by Crippen LogP contribution is 2.32. The van der Waals surface area contributed by atoms with Gasteiger partial charge in [-0.25, -0.2) is 4.79 Å². The third-order valence-electron chi connectivity index (χ3n) is 4.65. The number of carbonyl (C=O) groups excluding carboxylic acids is 1. The Bertz CT molecular complexity index is 1050. The number of ether oxygens (including phenoxy) is 3. The molecule has 138 valence electrons. The monoisotopic (exact) mass is 383 g/mol. The van der Waals surface area contributed by atoms with Crippen LogP contribution in [0.5, 0.6) is 5.75 Å². The molecule has 1 aromatic heterocycles. The Morgan fingerprint density at radius 1 is 1.26 bits per heavy atom. The van der Waals surface area contributed by atoms with Crippen molar-refractivity contribution < 1.29 is 19.0 Å². The van der Waals surface area contributed by atoms with Crippen LogP contribution in [0.2, 0.25) is 5.02 Å². The molecular weight excluding hydrogens is 366 g/mol. The first kappa shape index (κ1) is 17.8. The van der Waals surface area contributed by atoms with Gasteiger partial charge in [-0.05, 0) is 37.6 Å². The summed E-state index contributed by atoms with van der Waals surface area (Å²) in [5.41, 5.74) is 4.43.